The maximum atomic E-state index is 4.44. The SMILES string of the molecule is C=Cc1cnc(Sc2ccccc2)c(C)c1. The summed E-state index contributed by atoms with van der Waals surface area (Å²) in [6.45, 7) is 5.81. The molecule has 2 rings (SSSR count). The van der Waals surface area contributed by atoms with E-state index >= 15 is 0 Å². The maximum absolute atomic E-state index is 4.44. The molecule has 0 aliphatic rings. The zero-order valence-corrected chi connectivity index (χ0v) is 10.00. The van der Waals surface area contributed by atoms with Crippen LogP contribution in [-0.2, 0) is 0 Å². The third kappa shape index (κ3) is 2.52. The average molecular weight is 227 g/mol. The van der Waals surface area contributed by atoms with Gasteiger partial charge in [-0.3, -0.25) is 0 Å². The Balaban J connectivity index is 2.25. The summed E-state index contributed by atoms with van der Waals surface area (Å²) in [4.78, 5) is 5.65. The molecule has 0 spiro atoms. The van der Waals surface area contributed by atoms with E-state index in [0.717, 1.165) is 10.6 Å². The number of nitrogens with zero attached hydrogens (tertiary/aromatic N) is 1. The number of rotatable bonds is 3. The van der Waals surface area contributed by atoms with E-state index in [9.17, 15) is 0 Å². The van der Waals surface area contributed by atoms with Crippen molar-refractivity contribution in [2.45, 2.75) is 16.8 Å². The van der Waals surface area contributed by atoms with Crippen molar-refractivity contribution in [2.24, 2.45) is 0 Å². The summed E-state index contributed by atoms with van der Waals surface area (Å²) in [7, 11) is 0. The average Bonchev–Trinajstić information content (AvgIpc) is 2.33. The summed E-state index contributed by atoms with van der Waals surface area (Å²) in [6, 6.07) is 12.4. The van der Waals surface area contributed by atoms with E-state index in [0.29, 0.717) is 0 Å². The molecule has 1 aromatic carbocycles. The number of aromatic nitrogens is 1. The third-order valence-corrected chi connectivity index (χ3v) is 3.37. The predicted octanol–water partition coefficient (Wildman–Crippen LogP) is 4.18. The van der Waals surface area contributed by atoms with Gasteiger partial charge in [-0.25, -0.2) is 4.98 Å². The van der Waals surface area contributed by atoms with E-state index in [1.807, 2.05) is 30.5 Å². The number of benzene rings is 1. The summed E-state index contributed by atoms with van der Waals surface area (Å²) in [5.41, 5.74) is 2.25. The molecule has 0 fully saturated rings. The van der Waals surface area contributed by atoms with Crippen LogP contribution in [0.5, 0.6) is 0 Å². The van der Waals surface area contributed by atoms with E-state index in [1.54, 1.807) is 11.8 Å². The molecule has 16 heavy (non-hydrogen) atoms. The lowest BCUT2D eigenvalue weighted by molar-refractivity contribution is 1.07. The number of hydrogen-bond donors (Lipinski definition) is 0. The molecule has 0 saturated carbocycles. The fourth-order valence-electron chi connectivity index (χ4n) is 1.40. The minimum atomic E-state index is 1.05. The monoisotopic (exact) mass is 227 g/mol. The van der Waals surface area contributed by atoms with Gasteiger partial charge in [0.15, 0.2) is 0 Å². The minimum Gasteiger partial charge on any atom is -0.249 e. The van der Waals surface area contributed by atoms with Crippen LogP contribution in [0.1, 0.15) is 11.1 Å². The summed E-state index contributed by atoms with van der Waals surface area (Å²) in [6.07, 6.45) is 3.67. The zero-order valence-electron chi connectivity index (χ0n) is 9.18. The second-order valence-electron chi connectivity index (χ2n) is 3.51. The normalized spacial score (nSPS) is 10.1. The van der Waals surface area contributed by atoms with E-state index in [-0.39, 0.29) is 0 Å². The summed E-state index contributed by atoms with van der Waals surface area (Å²) in [5.74, 6) is 0. The van der Waals surface area contributed by atoms with Crippen molar-refractivity contribution >= 4 is 17.8 Å². The Morgan fingerprint density at radius 2 is 2.00 bits per heavy atom. The molecular formula is C14H13NS. The summed E-state index contributed by atoms with van der Waals surface area (Å²) in [5, 5.41) is 1.05. The van der Waals surface area contributed by atoms with Gasteiger partial charge in [-0.05, 0) is 36.2 Å². The fourth-order valence-corrected chi connectivity index (χ4v) is 2.24. The number of hydrogen-bond acceptors (Lipinski definition) is 2. The van der Waals surface area contributed by atoms with Gasteiger partial charge < -0.3 is 0 Å². The van der Waals surface area contributed by atoms with Crippen molar-refractivity contribution in [2.75, 3.05) is 0 Å². The molecule has 1 aromatic heterocycles. The van der Waals surface area contributed by atoms with Crippen molar-refractivity contribution in [3.63, 3.8) is 0 Å². The molecule has 0 aliphatic heterocycles. The van der Waals surface area contributed by atoms with Gasteiger partial charge in [0.1, 0.15) is 5.03 Å². The highest BCUT2D eigenvalue weighted by Gasteiger charge is 2.02. The van der Waals surface area contributed by atoms with Crippen molar-refractivity contribution in [3.05, 3.63) is 60.3 Å². The molecule has 1 nitrogen and oxygen atoms in total. The Morgan fingerprint density at radius 3 is 2.62 bits per heavy atom. The first-order valence-electron chi connectivity index (χ1n) is 5.11. The second kappa shape index (κ2) is 4.99. The molecule has 2 aromatic rings. The number of pyridine rings is 1. The molecule has 2 heteroatoms. The van der Waals surface area contributed by atoms with E-state index in [4.69, 9.17) is 0 Å². The molecular weight excluding hydrogens is 214 g/mol. The van der Waals surface area contributed by atoms with Gasteiger partial charge in [0.25, 0.3) is 0 Å². The van der Waals surface area contributed by atoms with Crippen LogP contribution >= 0.6 is 11.8 Å². The van der Waals surface area contributed by atoms with E-state index in [1.165, 1.54) is 10.5 Å². The zero-order chi connectivity index (χ0) is 11.4. The molecule has 0 unspecified atom stereocenters. The van der Waals surface area contributed by atoms with Crippen molar-refractivity contribution in [3.8, 4) is 0 Å². The fraction of sp³-hybridized carbons (Fsp3) is 0.0714. The maximum Gasteiger partial charge on any atom is 0.104 e. The van der Waals surface area contributed by atoms with E-state index in [2.05, 4.69) is 36.7 Å². The van der Waals surface area contributed by atoms with Crippen molar-refractivity contribution in [1.29, 1.82) is 0 Å². The van der Waals surface area contributed by atoms with Crippen LogP contribution in [-0.4, -0.2) is 4.98 Å². The van der Waals surface area contributed by atoms with Crippen LogP contribution in [0, 0.1) is 6.92 Å². The topological polar surface area (TPSA) is 12.9 Å². The van der Waals surface area contributed by atoms with Crippen LogP contribution < -0.4 is 0 Å². The minimum absolute atomic E-state index is 1.05. The standard InChI is InChI=1S/C14H13NS/c1-3-12-9-11(2)14(15-10-12)16-13-7-5-4-6-8-13/h3-10H,1H2,2H3. The highest BCUT2D eigenvalue weighted by atomic mass is 32.2. The molecule has 0 atom stereocenters. The molecule has 1 heterocycles. The first-order valence-corrected chi connectivity index (χ1v) is 5.93. The lowest BCUT2D eigenvalue weighted by atomic mass is 10.2. The lowest BCUT2D eigenvalue weighted by Gasteiger charge is -2.05. The van der Waals surface area contributed by atoms with Gasteiger partial charge >= 0.3 is 0 Å². The van der Waals surface area contributed by atoms with Crippen LogP contribution in [0.4, 0.5) is 0 Å². The Morgan fingerprint density at radius 1 is 1.25 bits per heavy atom. The Bertz CT molecular complexity index is 491. The van der Waals surface area contributed by atoms with Gasteiger partial charge in [0, 0.05) is 11.1 Å². The molecule has 0 aliphatic carbocycles. The Labute approximate surface area is 100 Å². The first-order chi connectivity index (χ1) is 7.79. The molecule has 0 amide bonds. The lowest BCUT2D eigenvalue weighted by Crippen LogP contribution is -1.86. The van der Waals surface area contributed by atoms with Gasteiger partial charge in [-0.1, -0.05) is 42.6 Å². The van der Waals surface area contributed by atoms with E-state index < -0.39 is 0 Å². The largest absolute Gasteiger partial charge is 0.249 e. The van der Waals surface area contributed by atoms with Crippen LogP contribution in [0.2, 0.25) is 0 Å². The molecule has 0 saturated heterocycles. The number of aryl methyl sites for hydroxylation is 1. The van der Waals surface area contributed by atoms with Gasteiger partial charge in [0.05, 0.1) is 0 Å². The Hall–Kier alpha value is -1.54. The van der Waals surface area contributed by atoms with Gasteiger partial charge in [0.2, 0.25) is 0 Å². The first kappa shape index (κ1) is 11.0. The van der Waals surface area contributed by atoms with Crippen molar-refractivity contribution in [1.82, 2.24) is 4.98 Å². The summed E-state index contributed by atoms with van der Waals surface area (Å²) >= 11 is 1.69. The van der Waals surface area contributed by atoms with Gasteiger partial charge in [-0.2, -0.15) is 0 Å². The molecule has 0 radical (unpaired) electrons. The van der Waals surface area contributed by atoms with Crippen LogP contribution in [0.3, 0.4) is 0 Å². The van der Waals surface area contributed by atoms with Crippen LogP contribution in [0.25, 0.3) is 6.08 Å². The van der Waals surface area contributed by atoms with Crippen molar-refractivity contribution < 1.29 is 0 Å². The highest BCUT2D eigenvalue weighted by molar-refractivity contribution is 7.99. The quantitative estimate of drug-likeness (QED) is 0.780. The second-order valence-corrected chi connectivity index (χ2v) is 4.57. The molecule has 80 valence electrons. The molecule has 0 bridgehead atoms. The summed E-state index contributed by atoms with van der Waals surface area (Å²) < 4.78 is 0. The Kier molecular flexibility index (Phi) is 3.42. The van der Waals surface area contributed by atoms with Crippen LogP contribution in [0.15, 0.2) is 59.1 Å². The highest BCUT2D eigenvalue weighted by Crippen LogP contribution is 2.28. The molecule has 0 N–H and O–H groups in total. The smallest absolute Gasteiger partial charge is 0.104 e. The predicted molar refractivity (Wildman–Crippen MR) is 69.6 cm³/mol. The third-order valence-electron chi connectivity index (χ3n) is 2.24. The van der Waals surface area contributed by atoms with Gasteiger partial charge in [-0.15, -0.1) is 0 Å².